The van der Waals surface area contributed by atoms with Crippen LogP contribution < -0.4 is 5.32 Å². The molecule has 3 aliphatic rings. The first-order valence-corrected chi connectivity index (χ1v) is 13.4. The SMILES string of the molecule is CCCN1C(=O)N(CC(=O)N2CCS(=O)CC2)CC12CCC(NC)(c1ccccc1)CC2. The lowest BCUT2D eigenvalue weighted by atomic mass is 9.69. The van der Waals surface area contributed by atoms with E-state index in [-0.39, 0.29) is 29.6 Å². The van der Waals surface area contributed by atoms with Crippen molar-refractivity contribution in [2.24, 2.45) is 0 Å². The fraction of sp³-hybridized carbons (Fsp3) is 0.667. The topological polar surface area (TPSA) is 73.0 Å². The van der Waals surface area contributed by atoms with Crippen LogP contribution in [0.2, 0.25) is 0 Å². The lowest BCUT2D eigenvalue weighted by Gasteiger charge is -2.48. The van der Waals surface area contributed by atoms with Crippen LogP contribution in [0.15, 0.2) is 30.3 Å². The smallest absolute Gasteiger partial charge is 0.321 e. The van der Waals surface area contributed by atoms with E-state index in [1.165, 1.54) is 5.56 Å². The molecule has 32 heavy (non-hydrogen) atoms. The molecule has 1 spiro atoms. The van der Waals surface area contributed by atoms with Crippen LogP contribution in [0.25, 0.3) is 0 Å². The number of nitrogens with one attached hydrogen (secondary N) is 1. The molecule has 0 atom stereocenters. The first kappa shape index (κ1) is 23.2. The number of hydrogen-bond acceptors (Lipinski definition) is 4. The summed E-state index contributed by atoms with van der Waals surface area (Å²) < 4.78 is 11.6. The van der Waals surface area contributed by atoms with Gasteiger partial charge in [-0.1, -0.05) is 37.3 Å². The van der Waals surface area contributed by atoms with Gasteiger partial charge in [0.05, 0.1) is 5.54 Å². The number of rotatable bonds is 6. The minimum absolute atomic E-state index is 0.00236. The van der Waals surface area contributed by atoms with Crippen LogP contribution in [0.3, 0.4) is 0 Å². The standard InChI is InChI=1S/C24H36N4O3S/c1-3-13-28-22(30)27(18-21(29)26-14-16-32(31)17-15-26)19-23(28)9-11-24(25-2,12-10-23)20-7-5-4-6-8-20/h4-8,25H,3,9-19H2,1-2H3. The van der Waals surface area contributed by atoms with Gasteiger partial charge >= 0.3 is 6.03 Å². The highest BCUT2D eigenvalue weighted by molar-refractivity contribution is 7.85. The van der Waals surface area contributed by atoms with Gasteiger partial charge in [-0.25, -0.2) is 4.79 Å². The Kier molecular flexibility index (Phi) is 6.91. The molecule has 1 aromatic rings. The molecule has 2 saturated heterocycles. The second-order valence-corrected chi connectivity index (χ2v) is 11.1. The number of carbonyl (C=O) groups excluding carboxylic acids is 2. The third-order valence-electron chi connectivity index (χ3n) is 7.70. The lowest BCUT2D eigenvalue weighted by molar-refractivity contribution is -0.131. The zero-order valence-corrected chi connectivity index (χ0v) is 20.2. The molecule has 0 unspecified atom stereocenters. The molecular weight excluding hydrogens is 424 g/mol. The van der Waals surface area contributed by atoms with Crippen molar-refractivity contribution in [3.8, 4) is 0 Å². The normalized spacial score (nSPS) is 29.2. The molecule has 0 aromatic heterocycles. The summed E-state index contributed by atoms with van der Waals surface area (Å²) in [4.78, 5) is 31.8. The first-order chi connectivity index (χ1) is 15.4. The number of benzene rings is 1. The van der Waals surface area contributed by atoms with Gasteiger partial charge in [0.1, 0.15) is 6.54 Å². The van der Waals surface area contributed by atoms with Crippen LogP contribution in [0, 0.1) is 0 Å². The van der Waals surface area contributed by atoms with E-state index < -0.39 is 10.8 Å². The predicted octanol–water partition coefficient (Wildman–Crippen LogP) is 2.15. The Morgan fingerprint density at radius 3 is 2.34 bits per heavy atom. The largest absolute Gasteiger partial charge is 0.339 e. The summed E-state index contributed by atoms with van der Waals surface area (Å²) in [7, 11) is 1.21. The monoisotopic (exact) mass is 460 g/mol. The average molecular weight is 461 g/mol. The zero-order chi connectivity index (χ0) is 22.8. The van der Waals surface area contributed by atoms with Gasteiger partial charge < -0.3 is 20.0 Å². The van der Waals surface area contributed by atoms with Gasteiger partial charge in [0.2, 0.25) is 5.91 Å². The molecule has 3 fully saturated rings. The van der Waals surface area contributed by atoms with Crippen molar-refractivity contribution in [3.63, 3.8) is 0 Å². The molecule has 2 aliphatic heterocycles. The quantitative estimate of drug-likeness (QED) is 0.706. The van der Waals surface area contributed by atoms with Crippen LogP contribution in [0.5, 0.6) is 0 Å². The van der Waals surface area contributed by atoms with Gasteiger partial charge in [-0.3, -0.25) is 9.00 Å². The van der Waals surface area contributed by atoms with Crippen molar-refractivity contribution < 1.29 is 13.8 Å². The Balaban J connectivity index is 1.48. The Hall–Kier alpha value is -1.93. The summed E-state index contributed by atoms with van der Waals surface area (Å²) in [5.41, 5.74) is 1.03. The van der Waals surface area contributed by atoms with Crippen molar-refractivity contribution >= 4 is 22.7 Å². The zero-order valence-electron chi connectivity index (χ0n) is 19.3. The molecule has 1 N–H and O–H groups in total. The van der Waals surface area contributed by atoms with E-state index >= 15 is 0 Å². The van der Waals surface area contributed by atoms with Crippen LogP contribution in [-0.2, 0) is 21.1 Å². The van der Waals surface area contributed by atoms with Crippen molar-refractivity contribution in [2.75, 3.05) is 51.3 Å². The van der Waals surface area contributed by atoms with Crippen LogP contribution >= 0.6 is 0 Å². The molecule has 176 valence electrons. The minimum atomic E-state index is -0.819. The highest BCUT2D eigenvalue weighted by Gasteiger charge is 2.53. The number of hydrogen-bond donors (Lipinski definition) is 1. The lowest BCUT2D eigenvalue weighted by Crippen LogP contribution is -2.55. The Morgan fingerprint density at radius 2 is 1.75 bits per heavy atom. The van der Waals surface area contributed by atoms with Crippen LogP contribution in [0.4, 0.5) is 4.79 Å². The highest BCUT2D eigenvalue weighted by atomic mass is 32.2. The third-order valence-corrected chi connectivity index (χ3v) is 8.98. The van der Waals surface area contributed by atoms with E-state index in [0.29, 0.717) is 31.1 Å². The summed E-state index contributed by atoms with van der Waals surface area (Å²) in [6.45, 7) is 4.63. The molecular formula is C24H36N4O3S. The van der Waals surface area contributed by atoms with Gasteiger partial charge in [-0.05, 0) is 44.7 Å². The minimum Gasteiger partial charge on any atom is -0.339 e. The van der Waals surface area contributed by atoms with Crippen molar-refractivity contribution in [2.45, 2.75) is 50.1 Å². The maximum absolute atomic E-state index is 13.4. The molecule has 1 saturated carbocycles. The second-order valence-electron chi connectivity index (χ2n) is 9.44. The molecule has 1 aliphatic carbocycles. The summed E-state index contributed by atoms with van der Waals surface area (Å²) in [6, 6.07) is 10.6. The molecule has 4 rings (SSSR count). The van der Waals surface area contributed by atoms with Crippen molar-refractivity contribution in [1.29, 1.82) is 0 Å². The van der Waals surface area contributed by atoms with E-state index in [9.17, 15) is 13.8 Å². The first-order valence-electron chi connectivity index (χ1n) is 11.9. The van der Waals surface area contributed by atoms with Gasteiger partial charge in [-0.2, -0.15) is 0 Å². The van der Waals surface area contributed by atoms with Gasteiger partial charge in [-0.15, -0.1) is 0 Å². The maximum atomic E-state index is 13.4. The van der Waals surface area contributed by atoms with E-state index in [0.717, 1.165) is 38.6 Å². The molecule has 3 amide bonds. The van der Waals surface area contributed by atoms with Crippen LogP contribution in [-0.4, -0.2) is 87.7 Å². The summed E-state index contributed by atoms with van der Waals surface area (Å²) in [5.74, 6) is 1.06. The van der Waals surface area contributed by atoms with Crippen molar-refractivity contribution in [1.82, 2.24) is 20.0 Å². The number of nitrogens with zero attached hydrogens (tertiary/aromatic N) is 3. The molecule has 1 aromatic carbocycles. The molecule has 2 heterocycles. The third kappa shape index (κ3) is 4.31. The second kappa shape index (κ2) is 9.51. The Morgan fingerprint density at radius 1 is 1.09 bits per heavy atom. The van der Waals surface area contributed by atoms with Crippen molar-refractivity contribution in [3.05, 3.63) is 35.9 Å². The van der Waals surface area contributed by atoms with E-state index in [1.807, 2.05) is 13.1 Å². The van der Waals surface area contributed by atoms with E-state index in [2.05, 4.69) is 41.4 Å². The van der Waals surface area contributed by atoms with Gasteiger partial charge in [0, 0.05) is 54.0 Å². The van der Waals surface area contributed by atoms with Gasteiger partial charge in [0.15, 0.2) is 0 Å². The fourth-order valence-electron chi connectivity index (χ4n) is 5.72. The van der Waals surface area contributed by atoms with Gasteiger partial charge in [0.25, 0.3) is 0 Å². The van der Waals surface area contributed by atoms with Crippen LogP contribution in [0.1, 0.15) is 44.6 Å². The number of urea groups is 1. The highest BCUT2D eigenvalue weighted by Crippen LogP contribution is 2.46. The Bertz CT molecular complexity index is 844. The van der Waals surface area contributed by atoms with E-state index in [4.69, 9.17) is 0 Å². The summed E-state index contributed by atoms with van der Waals surface area (Å²) >= 11 is 0. The maximum Gasteiger partial charge on any atom is 0.321 e. The number of amides is 3. The molecule has 8 heteroatoms. The fourth-order valence-corrected chi connectivity index (χ4v) is 6.77. The number of carbonyl (C=O) groups is 2. The summed E-state index contributed by atoms with van der Waals surface area (Å²) in [6.07, 6.45) is 4.66. The molecule has 0 radical (unpaired) electrons. The van der Waals surface area contributed by atoms with E-state index in [1.54, 1.807) is 9.80 Å². The molecule has 0 bridgehead atoms. The molecule has 7 nitrogen and oxygen atoms in total. The average Bonchev–Trinajstić information content (AvgIpc) is 3.06. The Labute approximate surface area is 194 Å². The summed E-state index contributed by atoms with van der Waals surface area (Å²) in [5, 5.41) is 3.59. The predicted molar refractivity (Wildman–Crippen MR) is 127 cm³/mol.